The van der Waals surface area contributed by atoms with E-state index in [0.717, 1.165) is 10.9 Å². The predicted molar refractivity (Wildman–Crippen MR) is 78.4 cm³/mol. The molecule has 0 saturated carbocycles. The van der Waals surface area contributed by atoms with Gasteiger partial charge in [0.2, 0.25) is 0 Å². The number of hydrogen-bond acceptors (Lipinski definition) is 2. The summed E-state index contributed by atoms with van der Waals surface area (Å²) in [6, 6.07) is 5.45. The number of unbranched alkanes of at least 4 members (excludes halogenated alkanes) is 1. The molecule has 1 N–H and O–H groups in total. The number of carbonyl (C=O) groups is 2. The fraction of sp³-hybridized carbons (Fsp3) is 0.333. The van der Waals surface area contributed by atoms with Crippen molar-refractivity contribution in [1.82, 2.24) is 4.57 Å². The van der Waals surface area contributed by atoms with E-state index in [1.54, 1.807) is 12.3 Å². The number of aryl methyl sites for hydroxylation is 1. The molecule has 0 aliphatic carbocycles. The lowest BCUT2D eigenvalue weighted by atomic mass is 10.0. The summed E-state index contributed by atoms with van der Waals surface area (Å²) in [5.74, 6) is -0.777. The number of aliphatic carboxylic acids is 1. The molecule has 4 nitrogen and oxygen atoms in total. The van der Waals surface area contributed by atoms with Crippen molar-refractivity contribution in [3.8, 4) is 0 Å². The van der Waals surface area contributed by atoms with Gasteiger partial charge in [0.1, 0.15) is 0 Å². The summed E-state index contributed by atoms with van der Waals surface area (Å²) < 4.78 is 1.88. The summed E-state index contributed by atoms with van der Waals surface area (Å²) in [7, 11) is 1.87. The maximum atomic E-state index is 12.2. The monoisotopic (exact) mass is 293 g/mol. The van der Waals surface area contributed by atoms with Gasteiger partial charge in [-0.05, 0) is 25.0 Å². The van der Waals surface area contributed by atoms with Gasteiger partial charge in [0.05, 0.1) is 0 Å². The summed E-state index contributed by atoms with van der Waals surface area (Å²) in [4.78, 5) is 22.6. The first-order valence-electron chi connectivity index (χ1n) is 6.48. The van der Waals surface area contributed by atoms with E-state index in [9.17, 15) is 9.59 Å². The number of aromatic nitrogens is 1. The molecule has 0 radical (unpaired) electrons. The van der Waals surface area contributed by atoms with Crippen molar-refractivity contribution in [2.24, 2.45) is 7.05 Å². The van der Waals surface area contributed by atoms with Crippen LogP contribution in [0.2, 0.25) is 5.02 Å². The molecular weight excluding hydrogens is 278 g/mol. The van der Waals surface area contributed by atoms with Crippen molar-refractivity contribution in [2.75, 3.05) is 0 Å². The number of rotatable bonds is 6. The number of carbonyl (C=O) groups excluding carboxylic acids is 1. The smallest absolute Gasteiger partial charge is 0.303 e. The molecule has 0 fully saturated rings. The first-order chi connectivity index (χ1) is 9.49. The third-order valence-corrected chi connectivity index (χ3v) is 3.53. The van der Waals surface area contributed by atoms with Crippen molar-refractivity contribution < 1.29 is 14.7 Å². The van der Waals surface area contributed by atoms with E-state index in [4.69, 9.17) is 16.7 Å². The van der Waals surface area contributed by atoms with Crippen LogP contribution in [0.3, 0.4) is 0 Å². The normalized spacial score (nSPS) is 10.9. The van der Waals surface area contributed by atoms with Crippen molar-refractivity contribution in [3.63, 3.8) is 0 Å². The second-order valence-electron chi connectivity index (χ2n) is 4.84. The van der Waals surface area contributed by atoms with Crippen LogP contribution < -0.4 is 0 Å². The van der Waals surface area contributed by atoms with Crippen LogP contribution >= 0.6 is 11.6 Å². The van der Waals surface area contributed by atoms with Gasteiger partial charge in [-0.1, -0.05) is 17.7 Å². The molecule has 2 rings (SSSR count). The van der Waals surface area contributed by atoms with Crippen molar-refractivity contribution in [2.45, 2.75) is 25.7 Å². The molecule has 5 heteroatoms. The van der Waals surface area contributed by atoms with Gasteiger partial charge in [-0.25, -0.2) is 0 Å². The lowest BCUT2D eigenvalue weighted by Crippen LogP contribution is -2.00. The van der Waals surface area contributed by atoms with Gasteiger partial charge >= 0.3 is 5.97 Å². The highest BCUT2D eigenvalue weighted by atomic mass is 35.5. The summed E-state index contributed by atoms with van der Waals surface area (Å²) in [6.45, 7) is 0. The second kappa shape index (κ2) is 6.09. The lowest BCUT2D eigenvalue weighted by Gasteiger charge is -1.99. The highest BCUT2D eigenvalue weighted by molar-refractivity contribution is 6.31. The zero-order valence-electron chi connectivity index (χ0n) is 11.2. The summed E-state index contributed by atoms with van der Waals surface area (Å²) in [5.41, 5.74) is 1.60. The van der Waals surface area contributed by atoms with E-state index in [1.807, 2.05) is 23.7 Å². The van der Waals surface area contributed by atoms with Crippen molar-refractivity contribution in [3.05, 3.63) is 35.0 Å². The lowest BCUT2D eigenvalue weighted by molar-refractivity contribution is -0.137. The molecule has 20 heavy (non-hydrogen) atoms. The molecule has 0 spiro atoms. The molecule has 0 aliphatic rings. The Kier molecular flexibility index (Phi) is 4.45. The van der Waals surface area contributed by atoms with Crippen LogP contribution in [0.15, 0.2) is 24.4 Å². The SMILES string of the molecule is Cn1cc(C(=O)CCCCC(=O)O)c2ccc(Cl)cc21. The number of halogens is 1. The maximum absolute atomic E-state index is 12.2. The zero-order valence-corrected chi connectivity index (χ0v) is 12.0. The third kappa shape index (κ3) is 3.20. The summed E-state index contributed by atoms with van der Waals surface area (Å²) in [6.07, 6.45) is 3.40. The van der Waals surface area contributed by atoms with Gasteiger partial charge in [0.25, 0.3) is 0 Å². The Hall–Kier alpha value is -1.81. The van der Waals surface area contributed by atoms with Crippen LogP contribution in [0.25, 0.3) is 10.9 Å². The Morgan fingerprint density at radius 2 is 1.95 bits per heavy atom. The first-order valence-corrected chi connectivity index (χ1v) is 6.86. The zero-order chi connectivity index (χ0) is 14.7. The molecule has 1 aromatic carbocycles. The van der Waals surface area contributed by atoms with E-state index in [0.29, 0.717) is 29.8 Å². The van der Waals surface area contributed by atoms with Crippen LogP contribution in [0.4, 0.5) is 0 Å². The number of fused-ring (bicyclic) bond motifs is 1. The summed E-state index contributed by atoms with van der Waals surface area (Å²) in [5, 5.41) is 10.1. The standard InChI is InChI=1S/C15H16ClNO3/c1-17-9-12(11-7-6-10(16)8-13(11)17)14(18)4-2-3-5-15(19)20/h6-9H,2-5H2,1H3,(H,19,20). The molecule has 0 amide bonds. The average molecular weight is 294 g/mol. The highest BCUT2D eigenvalue weighted by Gasteiger charge is 2.14. The predicted octanol–water partition coefficient (Wildman–Crippen LogP) is 3.66. The van der Waals surface area contributed by atoms with E-state index >= 15 is 0 Å². The number of benzene rings is 1. The molecular formula is C15H16ClNO3. The Morgan fingerprint density at radius 1 is 1.25 bits per heavy atom. The Morgan fingerprint density at radius 3 is 2.65 bits per heavy atom. The molecule has 1 aromatic heterocycles. The van der Waals surface area contributed by atoms with Crippen LogP contribution in [-0.4, -0.2) is 21.4 Å². The number of Topliss-reactive ketones (excluding diaryl/α,β-unsaturated/α-hetero) is 1. The molecule has 0 aliphatic heterocycles. The van der Waals surface area contributed by atoms with E-state index in [-0.39, 0.29) is 12.2 Å². The maximum Gasteiger partial charge on any atom is 0.303 e. The van der Waals surface area contributed by atoms with Crippen molar-refractivity contribution >= 4 is 34.3 Å². The number of ketones is 1. The molecule has 0 bridgehead atoms. The molecule has 0 unspecified atom stereocenters. The summed E-state index contributed by atoms with van der Waals surface area (Å²) >= 11 is 5.96. The molecule has 2 aromatic rings. The minimum atomic E-state index is -0.822. The minimum Gasteiger partial charge on any atom is -0.481 e. The molecule has 0 saturated heterocycles. The van der Waals surface area contributed by atoms with Gasteiger partial charge in [0.15, 0.2) is 5.78 Å². The number of carboxylic acid groups (broad SMARTS) is 1. The topological polar surface area (TPSA) is 59.3 Å². The quantitative estimate of drug-likeness (QED) is 0.653. The molecule has 1 heterocycles. The number of nitrogens with zero attached hydrogens (tertiary/aromatic N) is 1. The van der Waals surface area contributed by atoms with Crippen LogP contribution in [-0.2, 0) is 11.8 Å². The number of hydrogen-bond donors (Lipinski definition) is 1. The van der Waals surface area contributed by atoms with Gasteiger partial charge in [0, 0.05) is 47.6 Å². The average Bonchev–Trinajstić information content (AvgIpc) is 2.71. The van der Waals surface area contributed by atoms with Gasteiger partial charge in [-0.15, -0.1) is 0 Å². The van der Waals surface area contributed by atoms with Crippen LogP contribution in [0, 0.1) is 0 Å². The Labute approximate surface area is 122 Å². The van der Waals surface area contributed by atoms with Crippen LogP contribution in [0.1, 0.15) is 36.0 Å². The molecule has 106 valence electrons. The van der Waals surface area contributed by atoms with Crippen LogP contribution in [0.5, 0.6) is 0 Å². The minimum absolute atomic E-state index is 0.0447. The first kappa shape index (κ1) is 14.6. The second-order valence-corrected chi connectivity index (χ2v) is 5.28. The van der Waals surface area contributed by atoms with Gasteiger partial charge < -0.3 is 9.67 Å². The van der Waals surface area contributed by atoms with Gasteiger partial charge in [-0.2, -0.15) is 0 Å². The Balaban J connectivity index is 2.12. The van der Waals surface area contributed by atoms with Crippen molar-refractivity contribution in [1.29, 1.82) is 0 Å². The van der Waals surface area contributed by atoms with E-state index in [1.165, 1.54) is 0 Å². The largest absolute Gasteiger partial charge is 0.481 e. The molecule has 0 atom stereocenters. The van der Waals surface area contributed by atoms with E-state index in [2.05, 4.69) is 0 Å². The van der Waals surface area contributed by atoms with E-state index < -0.39 is 5.97 Å². The third-order valence-electron chi connectivity index (χ3n) is 3.30. The fourth-order valence-electron chi connectivity index (χ4n) is 2.28. The number of carboxylic acids is 1. The highest BCUT2D eigenvalue weighted by Crippen LogP contribution is 2.25. The Bertz CT molecular complexity index is 660. The fourth-order valence-corrected chi connectivity index (χ4v) is 2.44. The van der Waals surface area contributed by atoms with Gasteiger partial charge in [-0.3, -0.25) is 9.59 Å².